The zero-order valence-electron chi connectivity index (χ0n) is 18.2. The van der Waals surface area contributed by atoms with E-state index in [4.69, 9.17) is 4.74 Å². The van der Waals surface area contributed by atoms with Gasteiger partial charge in [-0.1, -0.05) is 17.7 Å². The number of halogens is 1. The van der Waals surface area contributed by atoms with Gasteiger partial charge in [-0.25, -0.2) is 19.2 Å². The molecule has 4 heterocycles. The van der Waals surface area contributed by atoms with E-state index in [0.29, 0.717) is 11.8 Å². The number of hydrogen-bond acceptors (Lipinski definition) is 6. The van der Waals surface area contributed by atoms with Crippen molar-refractivity contribution < 1.29 is 13.9 Å². The fraction of sp³-hybridized carbons (Fsp3) is 0.391. The Labute approximate surface area is 185 Å². The monoisotopic (exact) mass is 436 g/mol. The van der Waals surface area contributed by atoms with Crippen LogP contribution in [0.4, 0.5) is 21.0 Å². The van der Waals surface area contributed by atoms with Gasteiger partial charge < -0.3 is 14.6 Å². The van der Waals surface area contributed by atoms with Gasteiger partial charge in [-0.15, -0.1) is 0 Å². The summed E-state index contributed by atoms with van der Waals surface area (Å²) >= 11 is 0. The first-order valence-corrected chi connectivity index (χ1v) is 10.8. The molecule has 1 aromatic carbocycles. The normalized spacial score (nSPS) is 19.2. The average molecular weight is 436 g/mol. The highest BCUT2D eigenvalue weighted by Crippen LogP contribution is 2.31. The molecule has 2 aromatic heterocycles. The van der Waals surface area contributed by atoms with Crippen LogP contribution in [0.2, 0.25) is 0 Å². The molecular formula is C23H25FN6O2. The number of nitrogens with one attached hydrogen (secondary N) is 1. The second kappa shape index (κ2) is 7.89. The number of hydrogen-bond donors (Lipinski definition) is 1. The van der Waals surface area contributed by atoms with Gasteiger partial charge in [0, 0.05) is 17.6 Å². The van der Waals surface area contributed by atoms with Gasteiger partial charge in [0.2, 0.25) is 5.95 Å². The fourth-order valence-corrected chi connectivity index (χ4v) is 4.46. The van der Waals surface area contributed by atoms with Crippen molar-refractivity contribution in [1.29, 1.82) is 0 Å². The first kappa shape index (κ1) is 20.4. The largest absolute Gasteiger partial charge is 0.447 e. The lowest BCUT2D eigenvalue weighted by Gasteiger charge is -2.23. The topological polar surface area (TPSA) is 85.2 Å². The predicted octanol–water partition coefficient (Wildman–Crippen LogP) is 3.93. The minimum absolute atomic E-state index is 0.00145. The van der Waals surface area contributed by atoms with Crippen molar-refractivity contribution >= 4 is 17.9 Å². The van der Waals surface area contributed by atoms with Gasteiger partial charge in [-0.05, 0) is 51.3 Å². The molecule has 3 aromatic rings. The summed E-state index contributed by atoms with van der Waals surface area (Å²) in [6.07, 6.45) is 3.43. The zero-order chi connectivity index (χ0) is 22.4. The summed E-state index contributed by atoms with van der Waals surface area (Å²) in [4.78, 5) is 26.8. The van der Waals surface area contributed by atoms with Gasteiger partial charge in [-0.2, -0.15) is 4.98 Å². The maximum Gasteiger partial charge on any atom is 0.416 e. The number of amides is 1. The minimum atomic E-state index is -1.24. The first-order chi connectivity index (χ1) is 15.4. The Kier molecular flexibility index (Phi) is 5.03. The molecule has 2 unspecified atom stereocenters. The number of alkyl halides is 1. The number of fused-ring (bicyclic) bond motifs is 3. The molecule has 2 aliphatic heterocycles. The third kappa shape index (κ3) is 3.47. The summed E-state index contributed by atoms with van der Waals surface area (Å²) in [6.45, 7) is 5.51. The Balaban J connectivity index is 1.39. The van der Waals surface area contributed by atoms with Crippen LogP contribution < -0.4 is 10.2 Å². The van der Waals surface area contributed by atoms with Crippen molar-refractivity contribution in [1.82, 2.24) is 19.5 Å². The van der Waals surface area contributed by atoms with E-state index >= 15 is 0 Å². The van der Waals surface area contributed by atoms with E-state index in [1.165, 1.54) is 28.6 Å². The molecule has 2 aliphatic rings. The lowest BCUT2D eigenvalue weighted by Crippen LogP contribution is -2.39. The van der Waals surface area contributed by atoms with Crippen LogP contribution in [0.15, 0.2) is 36.8 Å². The molecule has 1 saturated heterocycles. The van der Waals surface area contributed by atoms with E-state index in [9.17, 15) is 9.18 Å². The molecule has 8 nitrogen and oxygen atoms in total. The molecule has 5 rings (SSSR count). The summed E-state index contributed by atoms with van der Waals surface area (Å²) in [5.74, 6) is 0.649. The number of ether oxygens (including phenoxy) is 1. The van der Waals surface area contributed by atoms with E-state index < -0.39 is 18.3 Å². The van der Waals surface area contributed by atoms with Crippen LogP contribution in [0.25, 0.3) is 5.69 Å². The van der Waals surface area contributed by atoms with Crippen molar-refractivity contribution in [3.63, 3.8) is 0 Å². The van der Waals surface area contributed by atoms with Crippen molar-refractivity contribution in [2.75, 3.05) is 16.8 Å². The Bertz CT molecular complexity index is 1180. The van der Waals surface area contributed by atoms with E-state index in [1.807, 2.05) is 13.3 Å². The molecule has 0 spiro atoms. The number of aryl methyl sites for hydroxylation is 2. The first-order valence-electron chi connectivity index (χ1n) is 10.8. The van der Waals surface area contributed by atoms with Gasteiger partial charge in [0.05, 0.1) is 18.1 Å². The van der Waals surface area contributed by atoms with Gasteiger partial charge in [0.25, 0.3) is 0 Å². The third-order valence-electron chi connectivity index (χ3n) is 6.10. The van der Waals surface area contributed by atoms with Crippen molar-refractivity contribution in [2.45, 2.75) is 51.9 Å². The van der Waals surface area contributed by atoms with E-state index in [-0.39, 0.29) is 12.6 Å². The number of imidazole rings is 1. The number of carbonyl (C=O) groups excluding carboxylic acids is 1. The number of cyclic esters (lactones) is 1. The van der Waals surface area contributed by atoms with Crippen LogP contribution >= 0.6 is 0 Å². The lowest BCUT2D eigenvalue weighted by molar-refractivity contribution is 0.174. The second-order valence-electron chi connectivity index (χ2n) is 8.37. The Morgan fingerprint density at radius 1 is 1.22 bits per heavy atom. The standard InChI is InChI=1S/C23H25FN6O2/c1-13-4-6-17-16(10-13)5-7-18-21(26-12-29(17)18)15(3)27-22-25-9-8-20(28-22)30-19(14(2)24)11-32-23(30)31/h4,6,8-10,12,14-15,19H,5,7,11H2,1-3H3,(H,25,27,28)/t14?,15?,19-/m1/s1. The molecule has 0 bridgehead atoms. The predicted molar refractivity (Wildman–Crippen MR) is 118 cm³/mol. The van der Waals surface area contributed by atoms with Gasteiger partial charge in [-0.3, -0.25) is 4.90 Å². The molecule has 1 amide bonds. The molecule has 0 aliphatic carbocycles. The second-order valence-corrected chi connectivity index (χ2v) is 8.37. The number of aromatic nitrogens is 4. The molecule has 1 N–H and O–H groups in total. The van der Waals surface area contributed by atoms with Crippen molar-refractivity contribution in [2.24, 2.45) is 0 Å². The van der Waals surface area contributed by atoms with Crippen LogP contribution in [0, 0.1) is 6.92 Å². The molecule has 0 saturated carbocycles. The van der Waals surface area contributed by atoms with Crippen LogP contribution in [-0.2, 0) is 17.6 Å². The third-order valence-corrected chi connectivity index (χ3v) is 6.10. The SMILES string of the molecule is Cc1ccc2c(c1)CCc1c(C(C)Nc3nccc(N4C(=O)OC[C@@H]4C(C)F)n3)ncn1-2. The van der Waals surface area contributed by atoms with Crippen molar-refractivity contribution in [3.8, 4) is 5.69 Å². The summed E-state index contributed by atoms with van der Waals surface area (Å²) < 4.78 is 21.1. The number of carbonyl (C=O) groups is 1. The Hall–Kier alpha value is -3.49. The highest BCUT2D eigenvalue weighted by molar-refractivity contribution is 5.89. The van der Waals surface area contributed by atoms with Gasteiger partial charge in [0.1, 0.15) is 24.6 Å². The number of benzene rings is 1. The number of rotatable bonds is 5. The Morgan fingerprint density at radius 3 is 2.88 bits per heavy atom. The van der Waals surface area contributed by atoms with Crippen LogP contribution in [0.3, 0.4) is 0 Å². The summed E-state index contributed by atoms with van der Waals surface area (Å²) in [7, 11) is 0. The lowest BCUT2D eigenvalue weighted by atomic mass is 9.98. The Morgan fingerprint density at radius 2 is 2.06 bits per heavy atom. The number of nitrogens with zero attached hydrogens (tertiary/aromatic N) is 5. The average Bonchev–Trinajstić information content (AvgIpc) is 3.37. The van der Waals surface area contributed by atoms with Crippen LogP contribution in [0.1, 0.15) is 42.4 Å². The smallest absolute Gasteiger partial charge is 0.416 e. The maximum absolute atomic E-state index is 14.0. The fourth-order valence-electron chi connectivity index (χ4n) is 4.46. The molecule has 3 atom stereocenters. The molecule has 166 valence electrons. The summed E-state index contributed by atoms with van der Waals surface area (Å²) in [5.41, 5.74) is 5.84. The molecule has 9 heteroatoms. The highest BCUT2D eigenvalue weighted by Gasteiger charge is 2.39. The van der Waals surface area contributed by atoms with E-state index in [0.717, 1.165) is 24.2 Å². The number of anilines is 2. The van der Waals surface area contributed by atoms with Crippen molar-refractivity contribution in [3.05, 3.63) is 59.3 Å². The van der Waals surface area contributed by atoms with Crippen LogP contribution in [-0.4, -0.2) is 44.4 Å². The van der Waals surface area contributed by atoms with Gasteiger partial charge in [0.15, 0.2) is 0 Å². The minimum Gasteiger partial charge on any atom is -0.447 e. The van der Waals surface area contributed by atoms with Crippen LogP contribution in [0.5, 0.6) is 0 Å². The van der Waals surface area contributed by atoms with E-state index in [1.54, 1.807) is 12.3 Å². The van der Waals surface area contributed by atoms with E-state index in [2.05, 4.69) is 50.0 Å². The van der Waals surface area contributed by atoms with Gasteiger partial charge >= 0.3 is 6.09 Å². The zero-order valence-corrected chi connectivity index (χ0v) is 18.2. The molecular weight excluding hydrogens is 411 g/mol. The molecule has 32 heavy (non-hydrogen) atoms. The molecule has 1 fully saturated rings. The quantitative estimate of drug-likeness (QED) is 0.652. The highest BCUT2D eigenvalue weighted by atomic mass is 19.1. The maximum atomic E-state index is 14.0. The summed E-state index contributed by atoms with van der Waals surface area (Å²) in [6, 6.07) is 7.20. The molecule has 0 radical (unpaired) electrons. The summed E-state index contributed by atoms with van der Waals surface area (Å²) in [5, 5.41) is 3.28.